The van der Waals surface area contributed by atoms with Gasteiger partial charge in [0.15, 0.2) is 0 Å². The Labute approximate surface area is 89.3 Å². The molecular weight excluding hydrogens is 196 g/mol. The zero-order valence-corrected chi connectivity index (χ0v) is 9.86. The molecule has 3 nitrogen and oxygen atoms in total. The molecule has 0 amide bonds. The predicted molar refractivity (Wildman–Crippen MR) is 59.5 cm³/mol. The van der Waals surface area contributed by atoms with E-state index in [0.717, 1.165) is 30.2 Å². The maximum Gasteiger partial charge on any atom is 0.0929 e. The fraction of sp³-hybridized carbons (Fsp3) is 0.700. The lowest BCUT2D eigenvalue weighted by Gasteiger charge is -2.14. The van der Waals surface area contributed by atoms with Gasteiger partial charge in [-0.2, -0.15) is 0 Å². The molecule has 0 saturated heterocycles. The molecule has 0 aromatic carbocycles. The van der Waals surface area contributed by atoms with E-state index in [1.807, 2.05) is 19.2 Å². The molecule has 14 heavy (non-hydrogen) atoms. The van der Waals surface area contributed by atoms with Gasteiger partial charge in [0.1, 0.15) is 0 Å². The van der Waals surface area contributed by atoms with Gasteiger partial charge in [-0.25, -0.2) is 4.98 Å². The lowest BCUT2D eigenvalue weighted by Crippen LogP contribution is -2.29. The average molecular weight is 214 g/mol. The number of rotatable bonds is 5. The van der Waals surface area contributed by atoms with Crippen molar-refractivity contribution in [3.8, 4) is 0 Å². The van der Waals surface area contributed by atoms with Gasteiger partial charge in [0.25, 0.3) is 0 Å². The third kappa shape index (κ3) is 3.36. The van der Waals surface area contributed by atoms with E-state index in [0.29, 0.717) is 0 Å². The van der Waals surface area contributed by atoms with E-state index in [1.165, 1.54) is 0 Å². The average Bonchev–Trinajstić information content (AvgIpc) is 2.52. The van der Waals surface area contributed by atoms with E-state index in [1.54, 1.807) is 18.4 Å². The Bertz CT molecular complexity index is 278. The van der Waals surface area contributed by atoms with Crippen LogP contribution in [-0.4, -0.2) is 18.7 Å². The van der Waals surface area contributed by atoms with Crippen LogP contribution in [-0.2, 0) is 16.7 Å². The Morgan fingerprint density at radius 2 is 2.29 bits per heavy atom. The molecule has 2 N–H and O–H groups in total. The van der Waals surface area contributed by atoms with E-state index < -0.39 is 0 Å². The van der Waals surface area contributed by atoms with Crippen molar-refractivity contribution in [2.24, 2.45) is 5.73 Å². The van der Waals surface area contributed by atoms with Crippen LogP contribution in [0.25, 0.3) is 0 Å². The highest BCUT2D eigenvalue weighted by atomic mass is 32.1. The first-order valence-electron chi connectivity index (χ1n) is 4.76. The summed E-state index contributed by atoms with van der Waals surface area (Å²) in [5.41, 5.74) is 6.60. The van der Waals surface area contributed by atoms with Gasteiger partial charge in [0.05, 0.1) is 16.2 Å². The first kappa shape index (κ1) is 11.6. The van der Waals surface area contributed by atoms with Crippen molar-refractivity contribution in [2.75, 3.05) is 13.7 Å². The largest absolute Gasteiger partial charge is 0.385 e. The minimum absolute atomic E-state index is 0.323. The van der Waals surface area contributed by atoms with Gasteiger partial charge in [0.2, 0.25) is 0 Å². The van der Waals surface area contributed by atoms with Gasteiger partial charge in [-0.3, -0.25) is 0 Å². The Morgan fingerprint density at radius 3 is 2.79 bits per heavy atom. The van der Waals surface area contributed by atoms with E-state index in [9.17, 15) is 0 Å². The number of methoxy groups -OCH3 is 1. The highest BCUT2D eigenvalue weighted by Crippen LogP contribution is 2.20. The van der Waals surface area contributed by atoms with E-state index in [-0.39, 0.29) is 5.54 Å². The van der Waals surface area contributed by atoms with Crippen LogP contribution in [0.2, 0.25) is 0 Å². The van der Waals surface area contributed by atoms with Crippen molar-refractivity contribution < 1.29 is 4.74 Å². The number of hydrogen-bond acceptors (Lipinski definition) is 4. The molecule has 4 heteroatoms. The topological polar surface area (TPSA) is 48.1 Å². The number of nitrogens with two attached hydrogens (primary N) is 1. The second-order valence-electron chi connectivity index (χ2n) is 3.94. The Kier molecular flexibility index (Phi) is 4.04. The summed E-state index contributed by atoms with van der Waals surface area (Å²) in [6, 6.07) is 0. The minimum atomic E-state index is -0.323. The summed E-state index contributed by atoms with van der Waals surface area (Å²) in [4.78, 5) is 4.49. The molecule has 1 aromatic heterocycles. The molecule has 1 aromatic rings. The molecule has 0 aliphatic carbocycles. The summed E-state index contributed by atoms with van der Waals surface area (Å²) in [5.74, 6) is 0. The molecule has 0 radical (unpaired) electrons. The lowest BCUT2D eigenvalue weighted by molar-refractivity contribution is 0.195. The summed E-state index contributed by atoms with van der Waals surface area (Å²) in [6.07, 6.45) is 2.00. The van der Waals surface area contributed by atoms with Crippen molar-refractivity contribution in [3.05, 3.63) is 16.1 Å². The molecule has 0 saturated carbocycles. The Balaban J connectivity index is 2.51. The maximum absolute atomic E-state index is 5.94. The first-order chi connectivity index (χ1) is 6.54. The third-order valence-corrected chi connectivity index (χ3v) is 2.86. The van der Waals surface area contributed by atoms with Crippen molar-refractivity contribution in [1.29, 1.82) is 0 Å². The Morgan fingerprint density at radius 1 is 1.57 bits per heavy atom. The van der Waals surface area contributed by atoms with Crippen LogP contribution in [0.3, 0.4) is 0 Å². The lowest BCUT2D eigenvalue weighted by atomic mass is 10.0. The van der Waals surface area contributed by atoms with Crippen LogP contribution in [0.15, 0.2) is 5.38 Å². The maximum atomic E-state index is 5.94. The van der Waals surface area contributed by atoms with Crippen molar-refractivity contribution >= 4 is 11.3 Å². The summed E-state index contributed by atoms with van der Waals surface area (Å²) in [5, 5.41) is 3.19. The molecule has 0 aliphatic heterocycles. The molecule has 1 heterocycles. The fourth-order valence-electron chi connectivity index (χ4n) is 1.09. The molecule has 0 atom stereocenters. The van der Waals surface area contributed by atoms with Gasteiger partial charge in [-0.15, -0.1) is 11.3 Å². The van der Waals surface area contributed by atoms with E-state index in [4.69, 9.17) is 10.5 Å². The summed E-state index contributed by atoms with van der Waals surface area (Å²) >= 11 is 1.68. The number of ether oxygens (including phenoxy) is 1. The fourth-order valence-corrected chi connectivity index (χ4v) is 2.11. The number of hydrogen-bond donors (Lipinski definition) is 1. The molecular formula is C10H18N2OS. The zero-order valence-electron chi connectivity index (χ0n) is 9.04. The quantitative estimate of drug-likeness (QED) is 0.762. The van der Waals surface area contributed by atoms with Gasteiger partial charge < -0.3 is 10.5 Å². The van der Waals surface area contributed by atoms with Crippen molar-refractivity contribution in [3.63, 3.8) is 0 Å². The van der Waals surface area contributed by atoms with Crippen LogP contribution in [0.5, 0.6) is 0 Å². The normalized spacial score (nSPS) is 12.0. The standard InChI is InChI=1S/C10H18N2OS/c1-10(2,11)8-7-14-9(12-8)5-4-6-13-3/h7H,4-6,11H2,1-3H3. The summed E-state index contributed by atoms with van der Waals surface area (Å²) in [7, 11) is 1.72. The SMILES string of the molecule is COCCCc1nc(C(C)(C)N)cs1. The van der Waals surface area contributed by atoms with Gasteiger partial charge in [-0.1, -0.05) is 0 Å². The zero-order chi connectivity index (χ0) is 10.6. The molecule has 80 valence electrons. The van der Waals surface area contributed by atoms with Gasteiger partial charge in [-0.05, 0) is 20.3 Å². The van der Waals surface area contributed by atoms with Gasteiger partial charge >= 0.3 is 0 Å². The third-order valence-electron chi connectivity index (χ3n) is 1.95. The summed E-state index contributed by atoms with van der Waals surface area (Å²) in [6.45, 7) is 4.74. The molecule has 1 rings (SSSR count). The number of aromatic nitrogens is 1. The first-order valence-corrected chi connectivity index (χ1v) is 5.64. The number of nitrogens with zero attached hydrogens (tertiary/aromatic N) is 1. The highest BCUT2D eigenvalue weighted by Gasteiger charge is 2.17. The molecule has 0 unspecified atom stereocenters. The second kappa shape index (κ2) is 4.87. The van der Waals surface area contributed by atoms with Crippen molar-refractivity contribution in [1.82, 2.24) is 4.98 Å². The minimum Gasteiger partial charge on any atom is -0.385 e. The molecule has 0 fully saturated rings. The molecule has 0 bridgehead atoms. The molecule has 0 aliphatic rings. The Hall–Kier alpha value is -0.450. The van der Waals surface area contributed by atoms with Crippen LogP contribution >= 0.6 is 11.3 Å². The van der Waals surface area contributed by atoms with Crippen LogP contribution in [0.1, 0.15) is 31.0 Å². The number of aryl methyl sites for hydroxylation is 1. The number of thiazole rings is 1. The van der Waals surface area contributed by atoms with E-state index in [2.05, 4.69) is 4.98 Å². The van der Waals surface area contributed by atoms with Crippen molar-refractivity contribution in [2.45, 2.75) is 32.2 Å². The monoisotopic (exact) mass is 214 g/mol. The second-order valence-corrected chi connectivity index (χ2v) is 4.89. The summed E-state index contributed by atoms with van der Waals surface area (Å²) < 4.78 is 4.99. The van der Waals surface area contributed by atoms with E-state index >= 15 is 0 Å². The van der Waals surface area contributed by atoms with Crippen LogP contribution in [0.4, 0.5) is 0 Å². The highest BCUT2D eigenvalue weighted by molar-refractivity contribution is 7.09. The molecule has 0 spiro atoms. The smallest absolute Gasteiger partial charge is 0.0929 e. The predicted octanol–water partition coefficient (Wildman–Crippen LogP) is 1.92. The van der Waals surface area contributed by atoms with Crippen LogP contribution < -0.4 is 5.73 Å². The van der Waals surface area contributed by atoms with Gasteiger partial charge in [0, 0.05) is 25.5 Å². The van der Waals surface area contributed by atoms with Crippen LogP contribution in [0, 0.1) is 0 Å².